The van der Waals surface area contributed by atoms with Crippen molar-refractivity contribution in [3.63, 3.8) is 0 Å². The number of carbonyl (C=O) groups is 6. The summed E-state index contributed by atoms with van der Waals surface area (Å²) in [6, 6.07) is 15.8. The lowest BCUT2D eigenvalue weighted by Gasteiger charge is -2.32. The Hall–Kier alpha value is -5.32. The largest absolute Gasteiger partial charge is 0.480 e. The fourth-order valence-corrected chi connectivity index (χ4v) is 4.61. The van der Waals surface area contributed by atoms with Crippen LogP contribution in [0.1, 0.15) is 122 Å². The summed E-state index contributed by atoms with van der Waals surface area (Å²) in [6.45, 7) is 18.1. The van der Waals surface area contributed by atoms with E-state index in [1.165, 1.54) is 55.6 Å². The van der Waals surface area contributed by atoms with Crippen LogP contribution in [0.2, 0.25) is 0 Å². The molecule has 2 amide bonds. The van der Waals surface area contributed by atoms with E-state index in [9.17, 15) is 37.5 Å². The number of nitrogens with zero attached hydrogens (tertiary/aromatic N) is 2. The summed E-state index contributed by atoms with van der Waals surface area (Å²) in [6.07, 6.45) is -4.47. The zero-order valence-corrected chi connectivity index (χ0v) is 37.9. The lowest BCUT2D eigenvalue weighted by Crippen LogP contribution is -2.49. The van der Waals surface area contributed by atoms with Crippen LogP contribution in [-0.4, -0.2) is 117 Å². The Bertz CT molecular complexity index is 1720. The molecule has 0 aliphatic heterocycles. The average molecular weight is 889 g/mol. The van der Waals surface area contributed by atoms with E-state index in [1.54, 1.807) is 53.7 Å². The topological polar surface area (TPSA) is 196 Å². The highest BCUT2D eigenvalue weighted by Crippen LogP contribution is 2.23. The molecule has 0 aliphatic rings. The first-order valence-corrected chi connectivity index (χ1v) is 19.5. The van der Waals surface area contributed by atoms with E-state index in [-0.39, 0.29) is 26.1 Å². The Balaban J connectivity index is -0.000000219. The molecule has 0 radical (unpaired) electrons. The second kappa shape index (κ2) is 24.8. The van der Waals surface area contributed by atoms with Crippen molar-refractivity contribution in [2.24, 2.45) is 0 Å². The fraction of sp³-hybridized carbons (Fsp3) is 0.591. The van der Waals surface area contributed by atoms with Gasteiger partial charge in [-0.05, 0) is 94.2 Å². The Morgan fingerprint density at radius 1 is 0.623 bits per heavy atom. The molecule has 4 atom stereocenters. The van der Waals surface area contributed by atoms with Gasteiger partial charge in [-0.25, -0.2) is 37.5 Å². The number of hydrogen-bond acceptors (Lipinski definition) is 12. The van der Waals surface area contributed by atoms with E-state index < -0.39 is 82.9 Å². The molecule has 0 spiro atoms. The summed E-state index contributed by atoms with van der Waals surface area (Å²) < 4.78 is 103. The van der Waals surface area contributed by atoms with E-state index in [0.717, 1.165) is 20.9 Å². The zero-order chi connectivity index (χ0) is 57.5. The number of rotatable bonds is 15. The molecule has 2 rings (SSSR count). The van der Waals surface area contributed by atoms with Crippen molar-refractivity contribution in [2.45, 2.75) is 156 Å². The summed E-state index contributed by atoms with van der Waals surface area (Å²) in [7, 11) is 2.61. The van der Waals surface area contributed by atoms with Crippen molar-refractivity contribution in [2.75, 3.05) is 14.1 Å². The first-order valence-electron chi connectivity index (χ1n) is 24.5. The lowest BCUT2D eigenvalue weighted by molar-refractivity contribution is -0.170. The van der Waals surface area contributed by atoms with Gasteiger partial charge in [0.1, 0.15) is 53.9 Å². The Kier molecular flexibility index (Phi) is 19.0. The monoisotopic (exact) mass is 889 g/mol. The van der Waals surface area contributed by atoms with Gasteiger partial charge in [0.25, 0.3) is 0 Å². The minimum atomic E-state index is -1.77. The molecule has 0 aliphatic carbocycles. The van der Waals surface area contributed by atoms with Gasteiger partial charge in [0.2, 0.25) is 0 Å². The van der Waals surface area contributed by atoms with Crippen LogP contribution in [0.25, 0.3) is 0 Å². The maximum Gasteiger partial charge on any atom is 0.410 e. The number of aliphatic carboxylic acids is 1. The van der Waals surface area contributed by atoms with Crippen LogP contribution in [-0.2, 0) is 56.1 Å². The van der Waals surface area contributed by atoms with Crippen LogP contribution in [0.5, 0.6) is 0 Å². The third kappa shape index (κ3) is 25.8. The van der Waals surface area contributed by atoms with Crippen LogP contribution < -0.4 is 0 Å². The fourth-order valence-electron chi connectivity index (χ4n) is 4.61. The molecule has 0 bridgehead atoms. The number of aliphatic hydroxyl groups is 1. The molecule has 0 saturated heterocycles. The Morgan fingerprint density at radius 3 is 1.30 bits per heavy atom. The van der Waals surface area contributed by atoms with Crippen molar-refractivity contribution >= 4 is 36.1 Å². The number of amides is 2. The number of alkyl halides is 2. The Morgan fingerprint density at radius 2 is 0.967 bits per heavy atom. The van der Waals surface area contributed by atoms with Gasteiger partial charge in [-0.1, -0.05) is 60.7 Å². The molecule has 2 aromatic rings. The number of benzene rings is 2. The first-order chi connectivity index (χ1) is 32.7. The van der Waals surface area contributed by atoms with Crippen molar-refractivity contribution < 1.29 is 86.3 Å². The molecule has 15 nitrogen and oxygen atoms in total. The van der Waals surface area contributed by atoms with Gasteiger partial charge in [0.05, 0.1) is 0 Å². The molecule has 61 heavy (non-hydrogen) atoms. The molecule has 0 heterocycles. The minimum Gasteiger partial charge on any atom is -0.480 e. The normalized spacial score (nSPS) is 14.1. The molecule has 354 valence electrons. The maximum absolute atomic E-state index is 14.3. The number of likely N-dealkylation sites (N-methyl/N-ethyl adjacent to an activating group) is 2. The summed E-state index contributed by atoms with van der Waals surface area (Å²) in [5.41, 5.74) is -3.27. The number of halogens is 2. The van der Waals surface area contributed by atoms with Crippen LogP contribution >= 0.6 is 0 Å². The molecule has 2 aromatic carbocycles. The quantitative estimate of drug-likeness (QED) is 0.127. The van der Waals surface area contributed by atoms with Crippen LogP contribution in [0.3, 0.4) is 0 Å². The Labute approximate surface area is 374 Å². The molecule has 0 saturated carbocycles. The van der Waals surface area contributed by atoms with E-state index in [4.69, 9.17) is 48.7 Å². The standard InChI is InChI=1S/C22H32FNO6.C12H22FNO4.C10H12O3.5H2/c1-15(18(25)28-14-16-11-9-8-10-12-16)29-19(26)17(13-22(5,6)23)24(7)20(27)30-21(2,3)4;1-11(2,3)18-10(17)14(6)8(9(15)16)7-12(4,5)13;1-8(11)10(12)13-7-9-5-3-2-4-6-9;;;;;/h8-12,15,17H,13-14H2,1-7H3;8H,7H2,1-6H3,(H,15,16);2-6,8,11H,7H2,1H3;5*1H/t15-,17+;2*8-;;;;;/m100...../s1/i;;;5*1+1D. The number of aliphatic hydroxyl groups excluding tert-OH is 1. The van der Waals surface area contributed by atoms with Crippen molar-refractivity contribution in [3.8, 4) is 0 Å². The number of carboxylic acids is 1. The van der Waals surface area contributed by atoms with Gasteiger partial charge < -0.3 is 33.9 Å². The summed E-state index contributed by atoms with van der Waals surface area (Å²) >= 11 is 0. The minimum absolute atomic E-state index is 0.0281. The molecular formula is C44H76F2N2O13. The predicted molar refractivity (Wildman–Crippen MR) is 233 cm³/mol. The van der Waals surface area contributed by atoms with E-state index in [1.807, 2.05) is 48.5 Å². The van der Waals surface area contributed by atoms with Crippen LogP contribution in [0, 0.1) is 0 Å². The van der Waals surface area contributed by atoms with Crippen molar-refractivity contribution in [1.29, 1.82) is 0 Å². The number of hydrogen-bond donors (Lipinski definition) is 2. The molecule has 0 unspecified atom stereocenters. The van der Waals surface area contributed by atoms with Gasteiger partial charge in [0, 0.05) is 41.8 Å². The van der Waals surface area contributed by atoms with Gasteiger partial charge in [-0.15, -0.1) is 0 Å². The third-order valence-corrected chi connectivity index (χ3v) is 7.63. The number of ether oxygens (including phenoxy) is 5. The highest BCUT2D eigenvalue weighted by atomic mass is 19.1. The van der Waals surface area contributed by atoms with Crippen LogP contribution in [0.4, 0.5) is 18.4 Å². The van der Waals surface area contributed by atoms with Gasteiger partial charge in [-0.2, -0.15) is 0 Å². The van der Waals surface area contributed by atoms with Crippen LogP contribution in [0.15, 0.2) is 60.7 Å². The van der Waals surface area contributed by atoms with Gasteiger partial charge in [-0.3, -0.25) is 9.80 Å². The molecule has 2 N–H and O–H groups in total. The third-order valence-electron chi connectivity index (χ3n) is 7.63. The highest BCUT2D eigenvalue weighted by Gasteiger charge is 2.38. The van der Waals surface area contributed by atoms with Crippen molar-refractivity contribution in [3.05, 3.63) is 71.8 Å². The predicted octanol–water partition coefficient (Wildman–Crippen LogP) is 8.82. The summed E-state index contributed by atoms with van der Waals surface area (Å²) in [4.78, 5) is 72.7. The average Bonchev–Trinajstić information content (AvgIpc) is 3.30. The molecular weight excluding hydrogens is 802 g/mol. The number of carboxylic acid groups (broad SMARTS) is 1. The smallest absolute Gasteiger partial charge is 0.410 e. The first kappa shape index (κ1) is 46.7. The number of esters is 3. The SMILES string of the molecule is CN(C(=O)OC(C)(C)C)[C@@H](CC(C)(C)F)C(=O)O.C[C@@H](OC(=O)[C@H](CC(C)(C)F)N(C)C(=O)OC(C)(C)C)C(=O)OCc1ccccc1.C[C@H](O)C(=O)OCc1ccccc1.[2H][2H].[2H][2H].[2H][2H].[2H][2H].[2H][2H]. The van der Waals surface area contributed by atoms with E-state index >= 15 is 0 Å². The summed E-state index contributed by atoms with van der Waals surface area (Å²) in [5.74, 6) is -3.51. The van der Waals surface area contributed by atoms with E-state index in [0.29, 0.717) is 0 Å². The van der Waals surface area contributed by atoms with Crippen molar-refractivity contribution in [1.82, 2.24) is 9.80 Å². The lowest BCUT2D eigenvalue weighted by atomic mass is 10.00. The second-order valence-corrected chi connectivity index (χ2v) is 17.3. The molecule has 17 heteroatoms. The maximum atomic E-state index is 14.3. The second-order valence-electron chi connectivity index (χ2n) is 17.3. The highest BCUT2D eigenvalue weighted by molar-refractivity contribution is 5.84. The summed E-state index contributed by atoms with van der Waals surface area (Å²) in [5, 5.41) is 17.9. The molecule has 0 aromatic heterocycles. The van der Waals surface area contributed by atoms with E-state index in [2.05, 4.69) is 0 Å². The molecule has 0 fully saturated rings. The number of carbonyl (C=O) groups excluding carboxylic acids is 5. The van der Waals surface area contributed by atoms with Gasteiger partial charge >= 0.3 is 36.1 Å². The van der Waals surface area contributed by atoms with Gasteiger partial charge in [0.15, 0.2) is 6.10 Å². The zero-order valence-electron chi connectivity index (χ0n) is 47.9.